The van der Waals surface area contributed by atoms with Crippen LogP contribution in [-0.2, 0) is 5.75 Å². The Balaban J connectivity index is 2.76. The molecule has 1 radical (unpaired) electrons. The van der Waals surface area contributed by atoms with E-state index in [0.717, 1.165) is 11.4 Å². The van der Waals surface area contributed by atoms with Gasteiger partial charge >= 0.3 is 0 Å². The Morgan fingerprint density at radius 3 is 2.91 bits per heavy atom. The fourth-order valence-electron chi connectivity index (χ4n) is 0.681. The van der Waals surface area contributed by atoms with Crippen LogP contribution < -0.4 is 0 Å². The first kappa shape index (κ1) is 8.09. The molecule has 0 saturated heterocycles. The molecule has 2 nitrogen and oxygen atoms in total. The largest absolute Gasteiger partial charge is 0.259 e. The molecule has 0 bridgehead atoms. The van der Waals surface area contributed by atoms with Crippen molar-refractivity contribution in [2.75, 3.05) is 0 Å². The average molecular weight is 163 g/mol. The second kappa shape index (κ2) is 3.99. The van der Waals surface area contributed by atoms with Gasteiger partial charge in [-0.1, -0.05) is 0 Å². The van der Waals surface area contributed by atoms with Crippen molar-refractivity contribution < 1.29 is 0 Å². The molecule has 0 aliphatic carbocycles. The zero-order valence-corrected chi connectivity index (χ0v) is 6.77. The number of aromatic nitrogens is 1. The second-order valence-electron chi connectivity index (χ2n) is 2.00. The van der Waals surface area contributed by atoms with E-state index >= 15 is 0 Å². The van der Waals surface area contributed by atoms with Crippen molar-refractivity contribution in [2.24, 2.45) is 0 Å². The van der Waals surface area contributed by atoms with Gasteiger partial charge < -0.3 is 0 Å². The minimum Gasteiger partial charge on any atom is -0.259 e. The van der Waals surface area contributed by atoms with Crippen molar-refractivity contribution in [3.63, 3.8) is 0 Å². The van der Waals surface area contributed by atoms with Gasteiger partial charge in [0.15, 0.2) is 0 Å². The first-order valence-corrected chi connectivity index (χ1v) is 4.24. The molecule has 55 valence electrons. The van der Waals surface area contributed by atoms with E-state index < -0.39 is 0 Å². The number of nitriles is 1. The summed E-state index contributed by atoms with van der Waals surface area (Å²) in [6.45, 7) is 0. The molecule has 0 amide bonds. The van der Waals surface area contributed by atoms with E-state index in [4.69, 9.17) is 5.26 Å². The van der Waals surface area contributed by atoms with Gasteiger partial charge in [0.05, 0.1) is 11.3 Å². The van der Waals surface area contributed by atoms with Gasteiger partial charge in [0.1, 0.15) is 6.07 Å². The Kier molecular flexibility index (Phi) is 2.94. The average Bonchev–Trinajstić information content (AvgIpc) is 2.07. The molecular formula is C8H7N2S. The Labute approximate surface area is 70.3 Å². The van der Waals surface area contributed by atoms with Crippen LogP contribution in [0.2, 0.25) is 0 Å². The third-order valence-corrected chi connectivity index (χ3v) is 1.70. The molecule has 0 aliphatic heterocycles. The molecule has 1 aromatic rings. The van der Waals surface area contributed by atoms with Crippen LogP contribution in [0.25, 0.3) is 0 Å². The number of rotatable bonds is 2. The third-order valence-electron chi connectivity index (χ3n) is 1.20. The van der Waals surface area contributed by atoms with E-state index in [1.54, 1.807) is 12.3 Å². The Bertz CT molecular complexity index is 260. The van der Waals surface area contributed by atoms with Gasteiger partial charge in [0.25, 0.3) is 0 Å². The van der Waals surface area contributed by atoms with Gasteiger partial charge in [0, 0.05) is 18.2 Å². The van der Waals surface area contributed by atoms with E-state index in [1.165, 1.54) is 11.8 Å². The van der Waals surface area contributed by atoms with Gasteiger partial charge in [-0.05, 0) is 12.1 Å². The van der Waals surface area contributed by atoms with E-state index in [0.29, 0.717) is 5.56 Å². The molecule has 0 N–H and O–H groups in total. The maximum Gasteiger partial charge on any atom is 0.101 e. The minimum absolute atomic E-state index is 0.600. The van der Waals surface area contributed by atoms with Crippen LogP contribution in [-0.4, -0.2) is 4.98 Å². The van der Waals surface area contributed by atoms with Crippen LogP contribution >= 0.6 is 11.8 Å². The lowest BCUT2D eigenvalue weighted by atomic mass is 10.3. The standard InChI is InChI=1S/C8H7N2S/c1-11-6-8-3-2-7(4-9)5-10-8/h2-3,5H,1,6H2. The van der Waals surface area contributed by atoms with Crippen molar-refractivity contribution in [2.45, 2.75) is 5.75 Å². The van der Waals surface area contributed by atoms with Crippen molar-refractivity contribution in [3.05, 3.63) is 35.8 Å². The molecule has 0 saturated carbocycles. The molecule has 11 heavy (non-hydrogen) atoms. The SMILES string of the molecule is [CH2]SCc1ccc(C#N)cn1. The number of hydrogen-bond donors (Lipinski definition) is 0. The summed E-state index contributed by atoms with van der Waals surface area (Å²) in [4.78, 5) is 4.06. The molecule has 0 spiro atoms. The predicted octanol–water partition coefficient (Wildman–Crippen LogP) is 1.98. The van der Waals surface area contributed by atoms with Gasteiger partial charge in [-0.25, -0.2) is 0 Å². The summed E-state index contributed by atoms with van der Waals surface area (Å²) in [6, 6.07) is 5.62. The number of thioether (sulfide) groups is 1. The van der Waals surface area contributed by atoms with Gasteiger partial charge in [0.2, 0.25) is 0 Å². The molecule has 0 aromatic carbocycles. The number of hydrogen-bond acceptors (Lipinski definition) is 3. The molecule has 0 unspecified atom stereocenters. The fourth-order valence-corrected chi connectivity index (χ4v) is 1.06. The molecule has 1 aromatic heterocycles. The summed E-state index contributed by atoms with van der Waals surface area (Å²) in [5, 5.41) is 8.45. The van der Waals surface area contributed by atoms with E-state index in [-0.39, 0.29) is 0 Å². The van der Waals surface area contributed by atoms with Crippen LogP contribution in [0.15, 0.2) is 18.3 Å². The third kappa shape index (κ3) is 2.24. The zero-order chi connectivity index (χ0) is 8.10. The summed E-state index contributed by atoms with van der Waals surface area (Å²) in [6.07, 6.45) is 5.21. The Hall–Kier alpha value is -1.01. The maximum absolute atomic E-state index is 8.45. The highest BCUT2D eigenvalue weighted by Gasteiger charge is 1.92. The summed E-state index contributed by atoms with van der Waals surface area (Å²) >= 11 is 1.47. The summed E-state index contributed by atoms with van der Waals surface area (Å²) in [7, 11) is 0. The first-order valence-electron chi connectivity index (χ1n) is 3.09. The summed E-state index contributed by atoms with van der Waals surface area (Å²) in [5.41, 5.74) is 1.56. The van der Waals surface area contributed by atoms with Crippen LogP contribution in [0.3, 0.4) is 0 Å². The highest BCUT2D eigenvalue weighted by Crippen LogP contribution is 2.07. The van der Waals surface area contributed by atoms with Crippen molar-refractivity contribution in [1.29, 1.82) is 5.26 Å². The molecule has 3 heteroatoms. The molecule has 0 fully saturated rings. The van der Waals surface area contributed by atoms with Crippen LogP contribution in [0, 0.1) is 17.6 Å². The predicted molar refractivity (Wildman–Crippen MR) is 45.6 cm³/mol. The second-order valence-corrected chi connectivity index (χ2v) is 2.70. The smallest absolute Gasteiger partial charge is 0.101 e. The first-order chi connectivity index (χ1) is 5.36. The molecule has 0 aliphatic rings. The van der Waals surface area contributed by atoms with Crippen molar-refractivity contribution in [1.82, 2.24) is 4.98 Å². The minimum atomic E-state index is 0.600. The van der Waals surface area contributed by atoms with E-state index in [9.17, 15) is 0 Å². The van der Waals surface area contributed by atoms with Gasteiger partial charge in [-0.3, -0.25) is 4.98 Å². The normalized spacial score (nSPS) is 9.09. The maximum atomic E-state index is 8.45. The monoisotopic (exact) mass is 163 g/mol. The number of nitrogens with zero attached hydrogens (tertiary/aromatic N) is 2. The summed E-state index contributed by atoms with van der Waals surface area (Å²) < 4.78 is 0. The lowest BCUT2D eigenvalue weighted by molar-refractivity contribution is 1.17. The topological polar surface area (TPSA) is 36.7 Å². The van der Waals surface area contributed by atoms with Crippen molar-refractivity contribution >= 4 is 11.8 Å². The van der Waals surface area contributed by atoms with E-state index in [1.807, 2.05) is 12.1 Å². The molecule has 1 heterocycles. The highest BCUT2D eigenvalue weighted by atomic mass is 32.2. The van der Waals surface area contributed by atoms with Gasteiger partial charge in [-0.15, -0.1) is 0 Å². The van der Waals surface area contributed by atoms with Gasteiger partial charge in [-0.2, -0.15) is 17.0 Å². The van der Waals surface area contributed by atoms with Crippen LogP contribution in [0.4, 0.5) is 0 Å². The Morgan fingerprint density at radius 2 is 2.45 bits per heavy atom. The lowest BCUT2D eigenvalue weighted by Crippen LogP contribution is -1.85. The van der Waals surface area contributed by atoms with Crippen LogP contribution in [0.5, 0.6) is 0 Å². The lowest BCUT2D eigenvalue weighted by Gasteiger charge is -1.94. The molecular weight excluding hydrogens is 156 g/mol. The highest BCUT2D eigenvalue weighted by molar-refractivity contribution is 7.99. The zero-order valence-electron chi connectivity index (χ0n) is 5.95. The molecule has 0 atom stereocenters. The van der Waals surface area contributed by atoms with E-state index in [2.05, 4.69) is 11.2 Å². The fraction of sp³-hybridized carbons (Fsp3) is 0.125. The molecule has 1 rings (SSSR count). The number of pyridine rings is 1. The summed E-state index contributed by atoms with van der Waals surface area (Å²) in [5.74, 6) is 0.797. The Morgan fingerprint density at radius 1 is 1.64 bits per heavy atom. The van der Waals surface area contributed by atoms with Crippen LogP contribution in [0.1, 0.15) is 11.3 Å². The quantitative estimate of drug-likeness (QED) is 0.669. The van der Waals surface area contributed by atoms with Crippen molar-refractivity contribution in [3.8, 4) is 6.07 Å².